The van der Waals surface area contributed by atoms with Crippen molar-refractivity contribution in [2.45, 2.75) is 50.7 Å². The van der Waals surface area contributed by atoms with Gasteiger partial charge in [0.15, 0.2) is 0 Å². The first-order chi connectivity index (χ1) is 10.9. The average Bonchev–Trinajstić information content (AvgIpc) is 2.74. The number of hydrogen-bond donors (Lipinski definition) is 4. The molecule has 0 aromatic rings. The Morgan fingerprint density at radius 2 is 1.50 bits per heavy atom. The zero-order chi connectivity index (χ0) is 18.0. The lowest BCUT2D eigenvalue weighted by atomic mass is 9.81. The zero-order valence-electron chi connectivity index (χ0n) is 12.7. The van der Waals surface area contributed by atoms with E-state index in [1.165, 1.54) is 19.3 Å². The van der Waals surface area contributed by atoms with Crippen molar-refractivity contribution in [3.05, 3.63) is 0 Å². The summed E-state index contributed by atoms with van der Waals surface area (Å²) in [6, 6.07) is 0. The van der Waals surface area contributed by atoms with Gasteiger partial charge in [-0.1, -0.05) is 19.3 Å². The first-order valence-electron chi connectivity index (χ1n) is 7.38. The summed E-state index contributed by atoms with van der Waals surface area (Å²) in [7, 11) is -15.9. The van der Waals surface area contributed by atoms with Gasteiger partial charge in [0.25, 0.3) is 0 Å². The Labute approximate surface area is 138 Å². The molecule has 1 heterocycles. The Morgan fingerprint density at radius 1 is 0.875 bits per heavy atom. The first-order valence-corrected chi connectivity index (χ1v) is 11.9. The van der Waals surface area contributed by atoms with Gasteiger partial charge in [-0.25, -0.2) is 13.7 Å². The Bertz CT molecular complexity index is 570. The fourth-order valence-corrected chi connectivity index (χ4v) is 5.71. The van der Waals surface area contributed by atoms with Gasteiger partial charge in [-0.15, -0.1) is 0 Å². The maximum absolute atomic E-state index is 11.6. The lowest BCUT2D eigenvalue weighted by Gasteiger charge is -2.28. The van der Waals surface area contributed by atoms with Crippen LogP contribution in [-0.2, 0) is 31.6 Å². The van der Waals surface area contributed by atoms with Gasteiger partial charge in [0.05, 0.1) is 18.8 Å². The summed E-state index contributed by atoms with van der Waals surface area (Å²) in [5.41, 5.74) is 0. The summed E-state index contributed by atoms with van der Waals surface area (Å²) in [6.07, 6.45) is 5.54. The summed E-state index contributed by atoms with van der Waals surface area (Å²) >= 11 is 0. The largest absolute Gasteiger partial charge is 0.490 e. The average molecular weight is 410 g/mol. The van der Waals surface area contributed by atoms with Crippen LogP contribution in [0.2, 0.25) is 0 Å². The van der Waals surface area contributed by atoms with E-state index in [4.69, 9.17) is 19.4 Å². The van der Waals surface area contributed by atoms with E-state index in [2.05, 4.69) is 13.1 Å². The van der Waals surface area contributed by atoms with Gasteiger partial charge in [-0.05, 0) is 25.2 Å². The monoisotopic (exact) mass is 410 g/mol. The van der Waals surface area contributed by atoms with Crippen LogP contribution >= 0.6 is 23.5 Å². The number of phosphoric ester groups is 1. The van der Waals surface area contributed by atoms with E-state index in [-0.39, 0.29) is 12.7 Å². The molecule has 11 nitrogen and oxygen atoms in total. The third-order valence-corrected chi connectivity index (χ3v) is 7.66. The molecule has 1 aliphatic heterocycles. The highest BCUT2D eigenvalue weighted by Crippen LogP contribution is 2.66. The lowest BCUT2D eigenvalue weighted by molar-refractivity contribution is -0.00381. The first kappa shape index (κ1) is 20.7. The molecular formula is C10H21O11P3. The Hall–Kier alpha value is 0.370. The third-order valence-electron chi connectivity index (χ3n) is 3.86. The lowest BCUT2D eigenvalue weighted by Crippen LogP contribution is -2.21. The van der Waals surface area contributed by atoms with E-state index in [9.17, 15) is 18.6 Å². The van der Waals surface area contributed by atoms with Crippen LogP contribution in [0, 0.1) is 5.92 Å². The number of ether oxygens (including phenoxy) is 1. The summed E-state index contributed by atoms with van der Waals surface area (Å²) in [5, 5.41) is 0. The number of phosphoric acid groups is 3. The van der Waals surface area contributed by atoms with Crippen LogP contribution in [-0.4, -0.2) is 38.4 Å². The highest BCUT2D eigenvalue weighted by atomic mass is 31.3. The van der Waals surface area contributed by atoms with Crippen molar-refractivity contribution in [3.8, 4) is 0 Å². The normalized spacial score (nSPS) is 30.5. The summed E-state index contributed by atoms with van der Waals surface area (Å²) in [5.74, 6) is 0.659. The van der Waals surface area contributed by atoms with Crippen molar-refractivity contribution < 1.29 is 51.2 Å². The molecule has 14 heteroatoms. The molecule has 0 aromatic heterocycles. The van der Waals surface area contributed by atoms with Crippen molar-refractivity contribution in [1.82, 2.24) is 0 Å². The molecule has 0 spiro atoms. The SMILES string of the molecule is O=P(O)(O)OP(=O)(O)OP(=O)(O)OC[C@@H]1CC[C@H](CC2CCC2)O1. The molecule has 0 radical (unpaired) electrons. The van der Waals surface area contributed by atoms with E-state index < -0.39 is 29.6 Å². The molecular weight excluding hydrogens is 389 g/mol. The Morgan fingerprint density at radius 3 is 2.04 bits per heavy atom. The van der Waals surface area contributed by atoms with Gasteiger partial charge in [0.2, 0.25) is 0 Å². The van der Waals surface area contributed by atoms with Crippen LogP contribution < -0.4 is 0 Å². The molecule has 1 saturated carbocycles. The minimum atomic E-state index is -5.47. The molecule has 2 rings (SSSR count). The van der Waals surface area contributed by atoms with Crippen molar-refractivity contribution in [2.24, 2.45) is 5.92 Å². The molecule has 2 fully saturated rings. The van der Waals surface area contributed by atoms with E-state index in [1.54, 1.807) is 0 Å². The van der Waals surface area contributed by atoms with E-state index >= 15 is 0 Å². The van der Waals surface area contributed by atoms with E-state index in [0.717, 1.165) is 12.8 Å². The predicted octanol–water partition coefficient (Wildman–Crippen LogP) is 2.07. The molecule has 4 atom stereocenters. The third kappa shape index (κ3) is 7.32. The van der Waals surface area contributed by atoms with Gasteiger partial charge in [-0.3, -0.25) is 4.52 Å². The highest BCUT2D eigenvalue weighted by Gasteiger charge is 2.41. The Kier molecular flexibility index (Phi) is 6.84. The molecule has 0 amide bonds. The molecule has 2 aliphatic rings. The van der Waals surface area contributed by atoms with Crippen LogP contribution in [0.5, 0.6) is 0 Å². The summed E-state index contributed by atoms with van der Waals surface area (Å²) in [6.45, 7) is -0.356. The van der Waals surface area contributed by atoms with Crippen molar-refractivity contribution in [2.75, 3.05) is 6.61 Å². The second-order valence-electron chi connectivity index (χ2n) is 5.88. The van der Waals surface area contributed by atoms with Gasteiger partial charge < -0.3 is 24.3 Å². The fourth-order valence-electron chi connectivity index (χ4n) is 2.66. The molecule has 1 saturated heterocycles. The maximum atomic E-state index is 11.6. The molecule has 2 unspecified atom stereocenters. The maximum Gasteiger partial charge on any atom is 0.490 e. The van der Waals surface area contributed by atoms with E-state index in [0.29, 0.717) is 12.3 Å². The fraction of sp³-hybridized carbons (Fsp3) is 1.00. The smallest absolute Gasteiger partial charge is 0.373 e. The van der Waals surface area contributed by atoms with Gasteiger partial charge in [0, 0.05) is 0 Å². The second-order valence-corrected chi connectivity index (χ2v) is 10.3. The molecule has 0 bridgehead atoms. The minimum Gasteiger partial charge on any atom is -0.373 e. The van der Waals surface area contributed by atoms with Gasteiger partial charge in [-0.2, -0.15) is 8.62 Å². The van der Waals surface area contributed by atoms with Crippen LogP contribution in [0.15, 0.2) is 0 Å². The second kappa shape index (κ2) is 7.94. The van der Waals surface area contributed by atoms with Crippen molar-refractivity contribution in [1.29, 1.82) is 0 Å². The minimum absolute atomic E-state index is 0.0600. The van der Waals surface area contributed by atoms with E-state index in [1.807, 2.05) is 0 Å². The van der Waals surface area contributed by atoms with Crippen LogP contribution in [0.3, 0.4) is 0 Å². The molecule has 4 N–H and O–H groups in total. The van der Waals surface area contributed by atoms with Crippen molar-refractivity contribution in [3.63, 3.8) is 0 Å². The molecule has 1 aliphatic carbocycles. The standard InChI is InChI=1S/C10H21O11P3/c11-22(12,13)20-24(16,17)21-23(14,15)18-7-10-5-4-9(19-10)6-8-2-1-3-8/h8-10H,1-7H2,(H,14,15)(H,16,17)(H2,11,12,13)/t9-,10+/m1/s1. The molecule has 142 valence electrons. The highest BCUT2D eigenvalue weighted by molar-refractivity contribution is 7.66. The summed E-state index contributed by atoms with van der Waals surface area (Å²) in [4.78, 5) is 35.2. The predicted molar refractivity (Wildman–Crippen MR) is 79.7 cm³/mol. The summed E-state index contributed by atoms with van der Waals surface area (Å²) < 4.78 is 50.8. The van der Waals surface area contributed by atoms with Crippen LogP contribution in [0.25, 0.3) is 0 Å². The van der Waals surface area contributed by atoms with Crippen LogP contribution in [0.4, 0.5) is 0 Å². The zero-order valence-corrected chi connectivity index (χ0v) is 15.4. The molecule has 0 aromatic carbocycles. The van der Waals surface area contributed by atoms with Gasteiger partial charge in [0.1, 0.15) is 0 Å². The molecule has 24 heavy (non-hydrogen) atoms. The van der Waals surface area contributed by atoms with Crippen molar-refractivity contribution >= 4 is 23.5 Å². The van der Waals surface area contributed by atoms with Gasteiger partial charge >= 0.3 is 23.5 Å². The number of hydrogen-bond acceptors (Lipinski definition) is 7. The van der Waals surface area contributed by atoms with Crippen LogP contribution in [0.1, 0.15) is 38.5 Å². The quantitative estimate of drug-likeness (QED) is 0.410. The topological polar surface area (TPSA) is 169 Å². The Balaban J connectivity index is 1.75. The number of rotatable bonds is 9.